The van der Waals surface area contributed by atoms with Crippen LogP contribution >= 0.6 is 11.6 Å². The molecule has 1 nitrogen and oxygen atoms in total. The van der Waals surface area contributed by atoms with Gasteiger partial charge >= 0.3 is 0 Å². The number of anilines is 1. The third kappa shape index (κ3) is 2.93. The molecule has 0 aromatic heterocycles. The van der Waals surface area contributed by atoms with Gasteiger partial charge in [0.05, 0.1) is 10.7 Å². The van der Waals surface area contributed by atoms with Gasteiger partial charge < -0.3 is 5.32 Å². The molecule has 20 heavy (non-hydrogen) atoms. The van der Waals surface area contributed by atoms with Gasteiger partial charge in [0.1, 0.15) is 5.82 Å². The molecule has 2 aliphatic carbocycles. The van der Waals surface area contributed by atoms with Crippen molar-refractivity contribution in [3.8, 4) is 0 Å². The summed E-state index contributed by atoms with van der Waals surface area (Å²) in [5.41, 5.74) is 0.257. The Hall–Kier alpha value is -0.830. The molecule has 0 spiro atoms. The van der Waals surface area contributed by atoms with E-state index in [9.17, 15) is 8.78 Å². The third-order valence-electron chi connectivity index (χ3n) is 4.90. The van der Waals surface area contributed by atoms with Crippen molar-refractivity contribution in [3.63, 3.8) is 0 Å². The molecule has 2 aliphatic rings. The van der Waals surface area contributed by atoms with Gasteiger partial charge in [0.2, 0.25) is 0 Å². The third-order valence-corrected chi connectivity index (χ3v) is 5.19. The Morgan fingerprint density at radius 2 is 1.75 bits per heavy atom. The summed E-state index contributed by atoms with van der Waals surface area (Å²) in [6, 6.07) is 2.31. The van der Waals surface area contributed by atoms with Crippen LogP contribution in [0.5, 0.6) is 0 Å². The first-order chi connectivity index (χ1) is 9.63. The molecular formula is C16H20ClF2N. The van der Waals surface area contributed by atoms with E-state index in [1.54, 1.807) is 0 Å². The Labute approximate surface area is 123 Å². The molecule has 0 amide bonds. The summed E-state index contributed by atoms with van der Waals surface area (Å²) in [6.45, 7) is 0. The maximum atomic E-state index is 13.8. The Morgan fingerprint density at radius 3 is 2.50 bits per heavy atom. The molecule has 2 saturated carbocycles. The largest absolute Gasteiger partial charge is 0.379 e. The lowest BCUT2D eigenvalue weighted by molar-refractivity contribution is 0.162. The molecule has 110 valence electrons. The van der Waals surface area contributed by atoms with Crippen molar-refractivity contribution in [2.75, 3.05) is 5.32 Å². The first-order valence-corrected chi connectivity index (χ1v) is 7.92. The lowest BCUT2D eigenvalue weighted by Crippen LogP contribution is -2.34. The first kappa shape index (κ1) is 14.1. The number of hydrogen-bond acceptors (Lipinski definition) is 1. The fraction of sp³-hybridized carbons (Fsp3) is 0.625. The van der Waals surface area contributed by atoms with E-state index in [-0.39, 0.29) is 16.8 Å². The van der Waals surface area contributed by atoms with Crippen molar-refractivity contribution < 1.29 is 8.78 Å². The van der Waals surface area contributed by atoms with Crippen LogP contribution in [0.1, 0.15) is 44.9 Å². The van der Waals surface area contributed by atoms with Crippen LogP contribution in [0.4, 0.5) is 14.5 Å². The summed E-state index contributed by atoms with van der Waals surface area (Å²) in [5, 5.41) is 3.34. The van der Waals surface area contributed by atoms with Gasteiger partial charge in [-0.05, 0) is 37.2 Å². The Balaban J connectivity index is 1.69. The Bertz CT molecular complexity index is 468. The predicted molar refractivity (Wildman–Crippen MR) is 78.1 cm³/mol. The average molecular weight is 300 g/mol. The Kier molecular flexibility index (Phi) is 4.16. The lowest BCUT2D eigenvalue weighted by atomic mass is 9.69. The fourth-order valence-electron chi connectivity index (χ4n) is 3.89. The number of nitrogens with one attached hydrogen (secondary N) is 1. The summed E-state index contributed by atoms with van der Waals surface area (Å²) in [4.78, 5) is 0. The number of hydrogen-bond donors (Lipinski definition) is 1. The highest BCUT2D eigenvalue weighted by atomic mass is 35.5. The molecule has 1 aromatic rings. The van der Waals surface area contributed by atoms with Crippen LogP contribution in [0, 0.1) is 23.5 Å². The second kappa shape index (κ2) is 5.88. The van der Waals surface area contributed by atoms with Crippen molar-refractivity contribution in [2.24, 2.45) is 11.8 Å². The molecule has 0 radical (unpaired) electrons. The first-order valence-electron chi connectivity index (χ1n) is 7.54. The zero-order valence-electron chi connectivity index (χ0n) is 11.5. The van der Waals surface area contributed by atoms with E-state index in [0.717, 1.165) is 30.7 Å². The number of fused-ring (bicyclic) bond motifs is 1. The van der Waals surface area contributed by atoms with Crippen LogP contribution in [0.2, 0.25) is 5.02 Å². The molecule has 4 heteroatoms. The second-order valence-corrected chi connectivity index (χ2v) is 6.61. The maximum Gasteiger partial charge on any atom is 0.150 e. The van der Waals surface area contributed by atoms with Crippen molar-refractivity contribution in [3.05, 3.63) is 28.8 Å². The normalized spacial score (nSPS) is 29.9. The highest BCUT2D eigenvalue weighted by Crippen LogP contribution is 2.41. The molecule has 0 saturated heterocycles. The zero-order valence-corrected chi connectivity index (χ0v) is 12.2. The van der Waals surface area contributed by atoms with E-state index in [1.807, 2.05) is 0 Å². The van der Waals surface area contributed by atoms with E-state index in [4.69, 9.17) is 11.6 Å². The van der Waals surface area contributed by atoms with E-state index in [1.165, 1.54) is 38.2 Å². The van der Waals surface area contributed by atoms with E-state index in [0.29, 0.717) is 0 Å². The van der Waals surface area contributed by atoms with Gasteiger partial charge in [0, 0.05) is 12.1 Å². The minimum absolute atomic E-state index is 0.133. The van der Waals surface area contributed by atoms with Gasteiger partial charge in [0.15, 0.2) is 5.82 Å². The molecule has 2 fully saturated rings. The highest BCUT2D eigenvalue weighted by Gasteiger charge is 2.32. The molecule has 1 aromatic carbocycles. The molecule has 0 aliphatic heterocycles. The average Bonchev–Trinajstić information content (AvgIpc) is 2.42. The van der Waals surface area contributed by atoms with Crippen molar-refractivity contribution >= 4 is 17.3 Å². The summed E-state index contributed by atoms with van der Waals surface area (Å²) >= 11 is 5.95. The Morgan fingerprint density at radius 1 is 1.00 bits per heavy atom. The molecule has 3 rings (SSSR count). The van der Waals surface area contributed by atoms with Gasteiger partial charge in [-0.15, -0.1) is 0 Å². The van der Waals surface area contributed by atoms with E-state index < -0.39 is 11.6 Å². The van der Waals surface area contributed by atoms with Crippen molar-refractivity contribution in [1.29, 1.82) is 0 Å². The SMILES string of the molecule is Fc1cc(F)c(NC2CCC3CCCCC3C2)c(Cl)c1. The number of rotatable bonds is 2. The minimum atomic E-state index is -0.631. The predicted octanol–water partition coefficient (Wildman–Crippen LogP) is 5.39. The molecule has 0 heterocycles. The second-order valence-electron chi connectivity index (χ2n) is 6.20. The quantitative estimate of drug-likeness (QED) is 0.772. The van der Waals surface area contributed by atoms with Crippen LogP contribution in [-0.4, -0.2) is 6.04 Å². The van der Waals surface area contributed by atoms with Crippen LogP contribution in [0.25, 0.3) is 0 Å². The van der Waals surface area contributed by atoms with Crippen LogP contribution in [0.3, 0.4) is 0 Å². The summed E-state index contributed by atoms with van der Waals surface area (Å²) in [7, 11) is 0. The molecular weight excluding hydrogens is 280 g/mol. The van der Waals surface area contributed by atoms with E-state index in [2.05, 4.69) is 5.32 Å². The fourth-order valence-corrected chi connectivity index (χ4v) is 4.14. The summed E-state index contributed by atoms with van der Waals surface area (Å²) < 4.78 is 26.9. The van der Waals surface area contributed by atoms with Gasteiger partial charge in [-0.25, -0.2) is 8.78 Å². The lowest BCUT2D eigenvalue weighted by Gasteiger charge is -2.40. The molecule has 3 unspecified atom stereocenters. The monoisotopic (exact) mass is 299 g/mol. The molecule has 1 N–H and O–H groups in total. The number of halogens is 3. The van der Waals surface area contributed by atoms with Crippen molar-refractivity contribution in [1.82, 2.24) is 0 Å². The van der Waals surface area contributed by atoms with Crippen LogP contribution in [0.15, 0.2) is 12.1 Å². The topological polar surface area (TPSA) is 12.0 Å². The standard InChI is InChI=1S/C16H20ClF2N/c17-14-8-12(18)9-15(19)16(14)20-13-6-5-10-3-1-2-4-11(10)7-13/h8-11,13,20H,1-7H2. The van der Waals surface area contributed by atoms with Gasteiger partial charge in [-0.2, -0.15) is 0 Å². The summed E-state index contributed by atoms with van der Waals surface area (Å²) in [6.07, 6.45) is 8.66. The van der Waals surface area contributed by atoms with Gasteiger partial charge in [-0.3, -0.25) is 0 Å². The number of benzene rings is 1. The van der Waals surface area contributed by atoms with E-state index >= 15 is 0 Å². The highest BCUT2D eigenvalue weighted by molar-refractivity contribution is 6.33. The van der Waals surface area contributed by atoms with Gasteiger partial charge in [0.25, 0.3) is 0 Å². The van der Waals surface area contributed by atoms with Crippen LogP contribution in [-0.2, 0) is 0 Å². The minimum Gasteiger partial charge on any atom is -0.379 e. The smallest absolute Gasteiger partial charge is 0.150 e. The maximum absolute atomic E-state index is 13.8. The van der Waals surface area contributed by atoms with Crippen molar-refractivity contribution in [2.45, 2.75) is 51.0 Å². The van der Waals surface area contributed by atoms with Gasteiger partial charge in [-0.1, -0.05) is 37.3 Å². The zero-order chi connectivity index (χ0) is 14.1. The van der Waals surface area contributed by atoms with Crippen LogP contribution < -0.4 is 5.32 Å². The summed E-state index contributed by atoms with van der Waals surface area (Å²) in [5.74, 6) is 0.391. The molecule has 3 atom stereocenters. The molecule has 0 bridgehead atoms.